The van der Waals surface area contributed by atoms with E-state index in [1.54, 1.807) is 35.3 Å². The highest BCUT2D eigenvalue weighted by molar-refractivity contribution is 7.92. The fourth-order valence-corrected chi connectivity index (χ4v) is 9.31. The van der Waals surface area contributed by atoms with E-state index in [0.29, 0.717) is 24.6 Å². The lowest BCUT2D eigenvalue weighted by atomic mass is 9.68. The van der Waals surface area contributed by atoms with Crippen molar-refractivity contribution in [2.75, 3.05) is 10.6 Å². The molecule has 0 spiro atoms. The predicted octanol–water partition coefficient (Wildman–Crippen LogP) is 2.79. The van der Waals surface area contributed by atoms with E-state index >= 15 is 0 Å². The summed E-state index contributed by atoms with van der Waals surface area (Å²) in [5, 5.41) is 17.2. The zero-order valence-corrected chi connectivity index (χ0v) is 20.9. The van der Waals surface area contributed by atoms with E-state index in [0.717, 1.165) is 34.6 Å². The van der Waals surface area contributed by atoms with E-state index in [-0.39, 0.29) is 23.3 Å². The van der Waals surface area contributed by atoms with Crippen molar-refractivity contribution in [3.05, 3.63) is 35.6 Å². The van der Waals surface area contributed by atoms with Crippen molar-refractivity contribution < 1.29 is 8.42 Å². The molecule has 3 saturated heterocycles. The second kappa shape index (κ2) is 7.24. The monoisotopic (exact) mass is 511 g/mol. The van der Waals surface area contributed by atoms with E-state index in [2.05, 4.69) is 30.7 Å². The highest BCUT2D eigenvalue weighted by atomic mass is 32.2. The predicted molar refractivity (Wildman–Crippen MR) is 132 cm³/mol. The van der Waals surface area contributed by atoms with E-state index in [4.69, 9.17) is 9.97 Å². The standard InChI is InChI=1S/C22H25N9O2S2/c1-12-7-17(29-28-12)25-18-16-3-6-34-19(16)27-20(26-18)24-13-8-14-10-22(11-15(9-13)31(14)22)35(32,33)21-23-4-5-30(21)2/h3-7,13-15H,8-11H2,1-2H3,(H3,24,25,26,27,28,29)/t13?,14-,15+,22?. The molecular weight excluding hydrogens is 486 g/mol. The van der Waals surface area contributed by atoms with Gasteiger partial charge >= 0.3 is 0 Å². The molecule has 0 saturated carbocycles. The van der Waals surface area contributed by atoms with Crippen LogP contribution in [0.25, 0.3) is 10.2 Å². The van der Waals surface area contributed by atoms with Gasteiger partial charge in [-0.05, 0) is 44.1 Å². The van der Waals surface area contributed by atoms with Gasteiger partial charge in [-0.15, -0.1) is 11.3 Å². The third kappa shape index (κ3) is 3.01. The van der Waals surface area contributed by atoms with Crippen LogP contribution in [0.1, 0.15) is 31.4 Å². The number of aromatic amines is 1. The van der Waals surface area contributed by atoms with Gasteiger partial charge in [0.15, 0.2) is 5.82 Å². The molecule has 4 atom stereocenters. The van der Waals surface area contributed by atoms with Gasteiger partial charge in [-0.25, -0.2) is 18.4 Å². The van der Waals surface area contributed by atoms with Gasteiger partial charge in [-0.1, -0.05) is 0 Å². The van der Waals surface area contributed by atoms with Crippen LogP contribution in [0.15, 0.2) is 35.1 Å². The largest absolute Gasteiger partial charge is 0.351 e. The summed E-state index contributed by atoms with van der Waals surface area (Å²) < 4.78 is 28.4. The maximum atomic E-state index is 13.4. The number of piperidine rings is 2. The summed E-state index contributed by atoms with van der Waals surface area (Å²) in [5.41, 5.74) is 0.968. The number of aromatic nitrogens is 6. The molecule has 0 aliphatic carbocycles. The molecule has 11 nitrogen and oxygen atoms in total. The number of hydrogen-bond donors (Lipinski definition) is 3. The number of thiophene rings is 1. The minimum atomic E-state index is -3.50. The smallest absolute Gasteiger partial charge is 0.230 e. The normalized spacial score (nSPS) is 27.8. The highest BCUT2D eigenvalue weighted by Gasteiger charge is 2.72. The number of anilines is 3. The molecule has 35 heavy (non-hydrogen) atoms. The lowest BCUT2D eigenvalue weighted by Gasteiger charge is -2.71. The summed E-state index contributed by atoms with van der Waals surface area (Å²) in [7, 11) is -1.77. The van der Waals surface area contributed by atoms with Gasteiger partial charge in [-0.3, -0.25) is 10.00 Å². The summed E-state index contributed by atoms with van der Waals surface area (Å²) in [4.78, 5) is 16.0. The first-order chi connectivity index (χ1) is 16.8. The highest BCUT2D eigenvalue weighted by Crippen LogP contribution is 2.60. The van der Waals surface area contributed by atoms with Crippen LogP contribution in [-0.2, 0) is 16.9 Å². The maximum absolute atomic E-state index is 13.4. The number of aryl methyl sites for hydroxylation is 2. The van der Waals surface area contributed by atoms with Crippen LogP contribution in [0.2, 0.25) is 0 Å². The topological polar surface area (TPSA) is 134 Å². The van der Waals surface area contributed by atoms with E-state index in [1.807, 2.05) is 24.4 Å². The number of imidazole rings is 1. The number of nitrogens with zero attached hydrogens (tertiary/aromatic N) is 6. The van der Waals surface area contributed by atoms with Gasteiger partial charge < -0.3 is 15.2 Å². The summed E-state index contributed by atoms with van der Waals surface area (Å²) in [6.07, 6.45) is 6.25. The van der Waals surface area contributed by atoms with E-state index in [9.17, 15) is 8.42 Å². The third-order valence-electron chi connectivity index (χ3n) is 7.61. The molecule has 3 aliphatic heterocycles. The molecule has 3 fully saturated rings. The first kappa shape index (κ1) is 21.3. The Hall–Kier alpha value is -3.03. The molecule has 7 heterocycles. The minimum Gasteiger partial charge on any atom is -0.351 e. The Morgan fingerprint density at radius 3 is 2.71 bits per heavy atom. The maximum Gasteiger partial charge on any atom is 0.230 e. The van der Waals surface area contributed by atoms with Crippen LogP contribution in [0, 0.1) is 6.92 Å². The SMILES string of the molecule is Cc1cc(Nc2nc(NC3C[C@@H]4CC5(S(=O)(=O)c6nccn6C)C[C@H](C3)N45)nc3sccc23)n[nH]1. The molecule has 7 rings (SSSR count). The molecule has 0 bridgehead atoms. The fourth-order valence-electron chi connectivity index (χ4n) is 6.17. The average molecular weight is 512 g/mol. The number of fused-ring (bicyclic) bond motifs is 1. The van der Waals surface area contributed by atoms with Gasteiger partial charge in [0.2, 0.25) is 20.9 Å². The molecule has 0 radical (unpaired) electrons. The van der Waals surface area contributed by atoms with Gasteiger partial charge in [0, 0.05) is 49.3 Å². The van der Waals surface area contributed by atoms with Gasteiger partial charge in [0.1, 0.15) is 15.5 Å². The first-order valence-electron chi connectivity index (χ1n) is 11.7. The van der Waals surface area contributed by atoms with Crippen molar-refractivity contribution in [2.24, 2.45) is 7.05 Å². The molecule has 4 aromatic heterocycles. The quantitative estimate of drug-likeness (QED) is 0.357. The van der Waals surface area contributed by atoms with Crippen LogP contribution in [0.4, 0.5) is 17.6 Å². The van der Waals surface area contributed by atoms with Crippen molar-refractivity contribution in [1.82, 2.24) is 34.6 Å². The summed E-state index contributed by atoms with van der Waals surface area (Å²) in [5.74, 6) is 2.01. The Labute approximate surface area is 205 Å². The van der Waals surface area contributed by atoms with Crippen molar-refractivity contribution in [2.45, 2.75) is 60.8 Å². The van der Waals surface area contributed by atoms with Gasteiger partial charge in [0.05, 0.1) is 5.39 Å². The number of sulfone groups is 1. The fraction of sp³-hybridized carbons (Fsp3) is 0.455. The van der Waals surface area contributed by atoms with Crippen molar-refractivity contribution in [3.8, 4) is 0 Å². The molecule has 4 aromatic rings. The lowest BCUT2D eigenvalue weighted by molar-refractivity contribution is -0.173. The Bertz CT molecular complexity index is 1540. The molecular formula is C22H25N9O2S2. The molecule has 3 aliphatic rings. The van der Waals surface area contributed by atoms with Crippen LogP contribution in [0.3, 0.4) is 0 Å². The molecule has 0 amide bonds. The number of hydrogen-bond acceptors (Lipinski definition) is 10. The van der Waals surface area contributed by atoms with Crippen molar-refractivity contribution in [3.63, 3.8) is 0 Å². The zero-order chi connectivity index (χ0) is 23.9. The van der Waals surface area contributed by atoms with Gasteiger partial charge in [-0.2, -0.15) is 10.1 Å². The molecule has 182 valence electrons. The van der Waals surface area contributed by atoms with Crippen LogP contribution in [-0.4, -0.2) is 66.0 Å². The number of nitrogens with one attached hydrogen (secondary N) is 3. The Balaban J connectivity index is 1.10. The van der Waals surface area contributed by atoms with Crippen molar-refractivity contribution in [1.29, 1.82) is 0 Å². The summed E-state index contributed by atoms with van der Waals surface area (Å²) in [6, 6.07) is 4.61. The second-order valence-corrected chi connectivity index (χ2v) is 12.8. The zero-order valence-electron chi connectivity index (χ0n) is 19.3. The van der Waals surface area contributed by atoms with Gasteiger partial charge in [0.25, 0.3) is 0 Å². The summed E-state index contributed by atoms with van der Waals surface area (Å²) in [6.45, 7) is 1.95. The molecule has 3 N–H and O–H groups in total. The van der Waals surface area contributed by atoms with Crippen LogP contribution in [0.5, 0.6) is 0 Å². The van der Waals surface area contributed by atoms with E-state index in [1.165, 1.54) is 0 Å². The molecule has 2 unspecified atom stereocenters. The third-order valence-corrected chi connectivity index (χ3v) is 10.8. The number of rotatable bonds is 6. The minimum absolute atomic E-state index is 0.166. The molecule has 13 heteroatoms. The summed E-state index contributed by atoms with van der Waals surface area (Å²) >= 11 is 1.57. The Kier molecular flexibility index (Phi) is 4.40. The Morgan fingerprint density at radius 1 is 1.23 bits per heavy atom. The van der Waals surface area contributed by atoms with Crippen LogP contribution >= 0.6 is 11.3 Å². The second-order valence-electron chi connectivity index (χ2n) is 9.80. The molecule has 0 aromatic carbocycles. The average Bonchev–Trinajstić information content (AvgIpc) is 3.51. The number of H-pyrrole nitrogens is 1. The lowest BCUT2D eigenvalue weighted by Crippen LogP contribution is -2.83. The first-order valence-corrected chi connectivity index (χ1v) is 14.0. The Morgan fingerprint density at radius 2 is 2.03 bits per heavy atom. The van der Waals surface area contributed by atoms with E-state index < -0.39 is 14.7 Å². The van der Waals surface area contributed by atoms with Crippen LogP contribution < -0.4 is 10.6 Å². The van der Waals surface area contributed by atoms with Crippen molar-refractivity contribution >= 4 is 49.0 Å².